The Balaban J connectivity index is 2.10. The summed E-state index contributed by atoms with van der Waals surface area (Å²) in [5.74, 6) is 1.15. The SMILES string of the molecule is CCc1c(C)n2nc(N3CCOCC3)nc2[nH]c1=O. The molecule has 0 unspecified atom stereocenters. The molecule has 1 saturated heterocycles. The number of morpholine rings is 1. The molecule has 0 aromatic carbocycles. The van der Waals surface area contributed by atoms with Crippen molar-refractivity contribution >= 4 is 11.7 Å². The normalized spacial score (nSPS) is 16.2. The van der Waals surface area contributed by atoms with Gasteiger partial charge in [0.15, 0.2) is 0 Å². The number of H-pyrrole nitrogens is 1. The Labute approximate surface area is 110 Å². The Morgan fingerprint density at radius 2 is 2.11 bits per heavy atom. The van der Waals surface area contributed by atoms with Crippen molar-refractivity contribution in [1.82, 2.24) is 19.6 Å². The minimum atomic E-state index is -0.0755. The smallest absolute Gasteiger partial charge is 0.255 e. The van der Waals surface area contributed by atoms with Crippen LogP contribution in [0.3, 0.4) is 0 Å². The Morgan fingerprint density at radius 3 is 2.79 bits per heavy atom. The lowest BCUT2D eigenvalue weighted by Crippen LogP contribution is -2.36. The number of anilines is 1. The van der Waals surface area contributed by atoms with Crippen LogP contribution in [0.1, 0.15) is 18.2 Å². The van der Waals surface area contributed by atoms with Gasteiger partial charge in [0.1, 0.15) is 0 Å². The molecular weight excluding hydrogens is 246 g/mol. The van der Waals surface area contributed by atoms with Crippen molar-refractivity contribution < 1.29 is 4.74 Å². The lowest BCUT2D eigenvalue weighted by atomic mass is 10.2. The van der Waals surface area contributed by atoms with E-state index in [0.717, 1.165) is 24.3 Å². The average molecular weight is 263 g/mol. The average Bonchev–Trinajstić information content (AvgIpc) is 2.84. The number of aromatic nitrogens is 4. The molecule has 1 aliphatic heterocycles. The van der Waals surface area contributed by atoms with Gasteiger partial charge in [-0.05, 0) is 13.3 Å². The summed E-state index contributed by atoms with van der Waals surface area (Å²) in [7, 11) is 0. The molecule has 1 aliphatic rings. The van der Waals surface area contributed by atoms with E-state index in [1.807, 2.05) is 13.8 Å². The Morgan fingerprint density at radius 1 is 1.37 bits per heavy atom. The molecule has 3 heterocycles. The molecule has 0 atom stereocenters. The van der Waals surface area contributed by atoms with Gasteiger partial charge in [-0.2, -0.15) is 4.98 Å². The van der Waals surface area contributed by atoms with E-state index in [9.17, 15) is 4.79 Å². The lowest BCUT2D eigenvalue weighted by molar-refractivity contribution is 0.122. The summed E-state index contributed by atoms with van der Waals surface area (Å²) in [5.41, 5.74) is 1.53. The second kappa shape index (κ2) is 4.65. The monoisotopic (exact) mass is 263 g/mol. The van der Waals surface area contributed by atoms with E-state index < -0.39 is 0 Å². The zero-order valence-electron chi connectivity index (χ0n) is 11.1. The molecule has 0 amide bonds. The van der Waals surface area contributed by atoms with Gasteiger partial charge in [-0.3, -0.25) is 9.78 Å². The van der Waals surface area contributed by atoms with Gasteiger partial charge >= 0.3 is 0 Å². The van der Waals surface area contributed by atoms with Gasteiger partial charge in [0.05, 0.1) is 18.9 Å². The zero-order chi connectivity index (χ0) is 13.4. The first-order valence-electron chi connectivity index (χ1n) is 6.52. The van der Waals surface area contributed by atoms with E-state index >= 15 is 0 Å². The van der Waals surface area contributed by atoms with E-state index in [2.05, 4.69) is 20.0 Å². The van der Waals surface area contributed by atoms with E-state index in [1.54, 1.807) is 4.52 Å². The summed E-state index contributed by atoms with van der Waals surface area (Å²) in [6.45, 7) is 6.79. The van der Waals surface area contributed by atoms with Crippen LogP contribution in [0.2, 0.25) is 0 Å². The third kappa shape index (κ3) is 1.99. The maximum absolute atomic E-state index is 11.9. The van der Waals surface area contributed by atoms with Gasteiger partial charge in [-0.1, -0.05) is 6.92 Å². The fraction of sp³-hybridized carbons (Fsp3) is 0.583. The van der Waals surface area contributed by atoms with Crippen LogP contribution in [0.25, 0.3) is 5.78 Å². The largest absolute Gasteiger partial charge is 0.378 e. The maximum atomic E-state index is 11.9. The number of ether oxygens (including phenoxy) is 1. The topological polar surface area (TPSA) is 75.5 Å². The molecule has 102 valence electrons. The number of aryl methyl sites for hydroxylation is 1. The summed E-state index contributed by atoms with van der Waals surface area (Å²) < 4.78 is 7.03. The highest BCUT2D eigenvalue weighted by atomic mass is 16.5. The van der Waals surface area contributed by atoms with Crippen LogP contribution in [0, 0.1) is 6.92 Å². The summed E-state index contributed by atoms with van der Waals surface area (Å²) in [6.07, 6.45) is 0.684. The van der Waals surface area contributed by atoms with Crippen molar-refractivity contribution in [1.29, 1.82) is 0 Å². The predicted octanol–water partition coefficient (Wildman–Crippen LogP) is 0.125. The molecule has 0 bridgehead atoms. The molecule has 7 nitrogen and oxygen atoms in total. The second-order valence-corrected chi connectivity index (χ2v) is 4.62. The summed E-state index contributed by atoms with van der Waals surface area (Å²) in [5, 5.41) is 4.49. The molecule has 2 aromatic rings. The zero-order valence-corrected chi connectivity index (χ0v) is 11.1. The second-order valence-electron chi connectivity index (χ2n) is 4.62. The molecular formula is C12H17N5O2. The van der Waals surface area contributed by atoms with Crippen LogP contribution < -0.4 is 10.5 Å². The van der Waals surface area contributed by atoms with Gasteiger partial charge in [-0.15, -0.1) is 5.10 Å². The Kier molecular flexibility index (Phi) is 2.98. The van der Waals surface area contributed by atoms with E-state index in [-0.39, 0.29) is 5.56 Å². The molecule has 0 saturated carbocycles. The maximum Gasteiger partial charge on any atom is 0.255 e. The van der Waals surface area contributed by atoms with Crippen molar-refractivity contribution in [2.75, 3.05) is 31.2 Å². The highest BCUT2D eigenvalue weighted by Crippen LogP contribution is 2.13. The number of hydrogen-bond donors (Lipinski definition) is 1. The number of hydrogen-bond acceptors (Lipinski definition) is 5. The van der Waals surface area contributed by atoms with Crippen LogP contribution in [0.15, 0.2) is 4.79 Å². The Bertz CT molecular complexity index is 654. The summed E-state index contributed by atoms with van der Waals surface area (Å²) >= 11 is 0. The quantitative estimate of drug-likeness (QED) is 0.833. The molecule has 0 radical (unpaired) electrons. The van der Waals surface area contributed by atoms with Crippen molar-refractivity contribution in [3.8, 4) is 0 Å². The van der Waals surface area contributed by atoms with Crippen LogP contribution in [-0.4, -0.2) is 45.9 Å². The summed E-state index contributed by atoms with van der Waals surface area (Å²) in [6, 6.07) is 0. The van der Waals surface area contributed by atoms with Gasteiger partial charge in [0.25, 0.3) is 5.56 Å². The molecule has 1 fully saturated rings. The summed E-state index contributed by atoms with van der Waals surface area (Å²) in [4.78, 5) is 21.2. The molecule has 0 spiro atoms. The molecule has 1 N–H and O–H groups in total. The highest BCUT2D eigenvalue weighted by Gasteiger charge is 2.18. The Hall–Kier alpha value is -1.89. The van der Waals surface area contributed by atoms with Crippen LogP contribution >= 0.6 is 0 Å². The van der Waals surface area contributed by atoms with Crippen molar-refractivity contribution in [2.45, 2.75) is 20.3 Å². The standard InChI is InChI=1S/C12H17N5O2/c1-3-9-8(2)17-11(13-10(9)18)14-12(15-17)16-4-6-19-7-5-16/h3-7H2,1-2H3,(H,13,14,15,18). The fourth-order valence-corrected chi connectivity index (χ4v) is 2.40. The van der Waals surface area contributed by atoms with E-state index in [0.29, 0.717) is 31.4 Å². The molecule has 7 heteroatoms. The van der Waals surface area contributed by atoms with Gasteiger partial charge in [0.2, 0.25) is 11.7 Å². The van der Waals surface area contributed by atoms with Gasteiger partial charge in [0, 0.05) is 18.7 Å². The number of fused-ring (bicyclic) bond motifs is 1. The highest BCUT2D eigenvalue weighted by molar-refractivity contribution is 5.41. The van der Waals surface area contributed by atoms with Crippen LogP contribution in [0.5, 0.6) is 0 Å². The van der Waals surface area contributed by atoms with Crippen LogP contribution in [-0.2, 0) is 11.2 Å². The fourth-order valence-electron chi connectivity index (χ4n) is 2.40. The van der Waals surface area contributed by atoms with E-state index in [4.69, 9.17) is 4.74 Å². The van der Waals surface area contributed by atoms with Gasteiger partial charge < -0.3 is 9.64 Å². The van der Waals surface area contributed by atoms with Gasteiger partial charge in [-0.25, -0.2) is 4.52 Å². The molecule has 19 heavy (non-hydrogen) atoms. The number of rotatable bonds is 2. The molecule has 0 aliphatic carbocycles. The van der Waals surface area contributed by atoms with Crippen molar-refractivity contribution in [2.24, 2.45) is 0 Å². The minimum Gasteiger partial charge on any atom is -0.378 e. The number of nitrogens with one attached hydrogen (secondary N) is 1. The predicted molar refractivity (Wildman–Crippen MR) is 70.8 cm³/mol. The van der Waals surface area contributed by atoms with Crippen LogP contribution in [0.4, 0.5) is 5.95 Å². The first-order chi connectivity index (χ1) is 9.20. The third-order valence-corrected chi connectivity index (χ3v) is 3.50. The number of nitrogens with zero attached hydrogens (tertiary/aromatic N) is 4. The number of aromatic amines is 1. The third-order valence-electron chi connectivity index (χ3n) is 3.50. The molecule has 3 rings (SSSR count). The first-order valence-corrected chi connectivity index (χ1v) is 6.52. The van der Waals surface area contributed by atoms with E-state index in [1.165, 1.54) is 0 Å². The minimum absolute atomic E-state index is 0.0755. The van der Waals surface area contributed by atoms with Crippen molar-refractivity contribution in [3.05, 3.63) is 21.6 Å². The first kappa shape index (κ1) is 12.2. The lowest BCUT2D eigenvalue weighted by Gasteiger charge is -2.25. The molecule has 2 aromatic heterocycles. The van der Waals surface area contributed by atoms with Crippen molar-refractivity contribution in [3.63, 3.8) is 0 Å².